The summed E-state index contributed by atoms with van der Waals surface area (Å²) in [5, 5.41) is 47.9. The van der Waals surface area contributed by atoms with E-state index < -0.39 is 158 Å². The number of hydrogen-bond donors (Lipinski definition) is 6. The Morgan fingerprint density at radius 3 is 0.867 bits per heavy atom. The molecule has 0 aromatic heterocycles. The van der Waals surface area contributed by atoms with Crippen LogP contribution in [0.3, 0.4) is 0 Å². The van der Waals surface area contributed by atoms with E-state index in [1.807, 2.05) is 0 Å². The minimum Gasteiger partial charge on any atom is -0.481 e. The highest BCUT2D eigenvalue weighted by atomic mass is 16.8. The molecule has 0 aromatic carbocycles. The first-order chi connectivity index (χ1) is 37.7. The van der Waals surface area contributed by atoms with Gasteiger partial charge in [0.05, 0.1) is 35.5 Å². The first-order valence-corrected chi connectivity index (χ1v) is 25.3. The van der Waals surface area contributed by atoms with Crippen LogP contribution in [-0.4, -0.2) is 189 Å². The summed E-state index contributed by atoms with van der Waals surface area (Å²) in [6, 6.07) is 0. The second kappa shape index (κ2) is 43.2. The molecule has 0 spiro atoms. The van der Waals surface area contributed by atoms with E-state index in [1.54, 1.807) is 83.1 Å². The Kier molecular flexibility index (Phi) is 43.8. The predicted molar refractivity (Wildman–Crippen MR) is 280 cm³/mol. The van der Waals surface area contributed by atoms with Crippen molar-refractivity contribution in [1.29, 1.82) is 0 Å². The highest BCUT2D eigenvalue weighted by Gasteiger charge is 2.65. The second-order valence-electron chi connectivity index (χ2n) is 19.3. The molecule has 2 fully saturated rings. The van der Waals surface area contributed by atoms with E-state index in [0.29, 0.717) is 0 Å². The van der Waals surface area contributed by atoms with Crippen molar-refractivity contribution in [2.75, 3.05) is 19.8 Å². The van der Waals surface area contributed by atoms with Crippen LogP contribution in [0, 0.1) is 35.5 Å². The summed E-state index contributed by atoms with van der Waals surface area (Å²) in [4.78, 5) is 155. The van der Waals surface area contributed by atoms with Gasteiger partial charge in [-0.1, -0.05) is 83.1 Å². The molecule has 9 atom stereocenters. The highest BCUT2D eigenvalue weighted by Crippen LogP contribution is 2.41. The molecule has 0 aliphatic carbocycles. The van der Waals surface area contributed by atoms with Gasteiger partial charge in [-0.2, -0.15) is 0 Å². The van der Waals surface area contributed by atoms with Gasteiger partial charge < -0.3 is 82.7 Å². The third-order valence-corrected chi connectivity index (χ3v) is 9.20. The maximum atomic E-state index is 12.3. The van der Waals surface area contributed by atoms with Gasteiger partial charge in [-0.05, 0) is 0 Å². The molecule has 83 heavy (non-hydrogen) atoms. The lowest BCUT2D eigenvalue weighted by Crippen LogP contribution is -2.65. The fourth-order valence-electron chi connectivity index (χ4n) is 4.76. The van der Waals surface area contributed by atoms with E-state index in [1.165, 1.54) is 0 Å². The van der Waals surface area contributed by atoms with Crippen LogP contribution in [0.15, 0.2) is 0 Å². The fourth-order valence-corrected chi connectivity index (χ4v) is 4.76. The second-order valence-corrected chi connectivity index (χ2v) is 19.3. The molecule has 480 valence electrons. The SMILES string of the molecule is CC(=O)OC[C@H]1O[C@@](COC(C)=O)(O[C@H]2O[C@H](COC(C)=O)[C@@H](OC(C)=O)[C@H](OC(C)=O)[C@H]2OC(C)=O)[C@@H](OC(C)=O)[C@@H]1OC(C)=O.CC(C)C(=O)O.CC(C)C(=O)O.CC(C)C(=O)O.CC(C)C(=O)O.CC(C)C(=O)O.CC(C)C(=O)O. The summed E-state index contributed by atoms with van der Waals surface area (Å²) >= 11 is 0. The molecule has 0 radical (unpaired) electrons. The van der Waals surface area contributed by atoms with E-state index >= 15 is 0 Å². The lowest BCUT2D eigenvalue weighted by molar-refractivity contribution is -0.384. The standard InChI is InChI=1S/C28H38O19.6C4H8O2/c1-12(29)37-9-20-22(40-15(4)32)24(42-17(6)34)25(43-18(7)35)27(45-20)47-28(11-39-14(3)31)26(44-19(8)36)23(41-16(5)33)21(46-28)10-38-13(2)30;6*1-3(2)4(5)6/h20-27H,9-11H2,1-8H3;6*3H,1-2H3,(H,5,6)/t20-,21-,22-,23-,24+,25-,26+,27-,28+;;;;;;/m1....../s1. The zero-order valence-corrected chi connectivity index (χ0v) is 50.6. The van der Waals surface area contributed by atoms with Gasteiger partial charge in [-0.15, -0.1) is 0 Å². The Morgan fingerprint density at radius 2 is 0.602 bits per heavy atom. The molecular weight excluding hydrogens is 1120 g/mol. The Morgan fingerprint density at radius 1 is 0.349 bits per heavy atom. The number of carbonyl (C=O) groups is 14. The molecule has 2 saturated heterocycles. The summed E-state index contributed by atoms with van der Waals surface area (Å²) in [6.07, 6.45) is -13.2. The third kappa shape index (κ3) is 42.0. The van der Waals surface area contributed by atoms with Crippen LogP contribution in [0.25, 0.3) is 0 Å². The third-order valence-electron chi connectivity index (χ3n) is 9.20. The van der Waals surface area contributed by atoms with E-state index in [-0.39, 0.29) is 35.5 Å². The Bertz CT molecular complexity index is 1970. The zero-order chi connectivity index (χ0) is 66.6. The van der Waals surface area contributed by atoms with E-state index in [0.717, 1.165) is 55.4 Å². The summed E-state index contributed by atoms with van der Waals surface area (Å²) in [5.74, 6) is -15.4. The van der Waals surface area contributed by atoms with Crippen LogP contribution in [-0.2, 0) is 119 Å². The molecule has 2 aliphatic rings. The molecule has 2 rings (SSSR count). The number of carboxylic acid groups (broad SMARTS) is 6. The minimum atomic E-state index is -2.48. The number of rotatable bonds is 19. The predicted octanol–water partition coefficient (Wildman–Crippen LogP) is 3.53. The van der Waals surface area contributed by atoms with E-state index in [9.17, 15) is 67.1 Å². The highest BCUT2D eigenvalue weighted by molar-refractivity contribution is 5.72. The topological polar surface area (TPSA) is 462 Å². The van der Waals surface area contributed by atoms with Crippen molar-refractivity contribution in [3.63, 3.8) is 0 Å². The van der Waals surface area contributed by atoms with Gasteiger partial charge in [0, 0.05) is 55.4 Å². The summed E-state index contributed by atoms with van der Waals surface area (Å²) < 4.78 is 60.5. The molecule has 0 aromatic rings. The molecule has 2 heterocycles. The number of hydrogen-bond acceptors (Lipinski definition) is 25. The molecule has 31 heteroatoms. The summed E-state index contributed by atoms with van der Waals surface area (Å²) in [5.41, 5.74) is 0. The number of carbonyl (C=O) groups excluding carboxylic acids is 8. The van der Waals surface area contributed by atoms with Gasteiger partial charge in [0.1, 0.15) is 32.0 Å². The molecule has 0 amide bonds. The number of carboxylic acids is 6. The maximum absolute atomic E-state index is 12.3. The molecular formula is C52H86O31. The first-order valence-electron chi connectivity index (χ1n) is 25.3. The zero-order valence-electron chi connectivity index (χ0n) is 50.6. The molecule has 2 aliphatic heterocycles. The number of aliphatic carboxylic acids is 6. The van der Waals surface area contributed by atoms with Crippen molar-refractivity contribution in [2.24, 2.45) is 35.5 Å². The number of ether oxygens (including phenoxy) is 11. The lowest BCUT2D eigenvalue weighted by atomic mass is 9.97. The van der Waals surface area contributed by atoms with Crippen molar-refractivity contribution in [3.8, 4) is 0 Å². The molecule has 0 saturated carbocycles. The lowest BCUT2D eigenvalue weighted by Gasteiger charge is -2.46. The summed E-state index contributed by atoms with van der Waals surface area (Å²) in [7, 11) is 0. The molecule has 6 N–H and O–H groups in total. The van der Waals surface area contributed by atoms with Crippen molar-refractivity contribution in [1.82, 2.24) is 0 Å². The van der Waals surface area contributed by atoms with Crippen LogP contribution in [0.1, 0.15) is 138 Å². The average molecular weight is 1210 g/mol. The number of esters is 8. The van der Waals surface area contributed by atoms with Gasteiger partial charge in [0.15, 0.2) is 30.5 Å². The first kappa shape index (κ1) is 84.3. The average Bonchev–Trinajstić information content (AvgIpc) is 3.58. The molecule has 31 nitrogen and oxygen atoms in total. The Balaban J connectivity index is -0.000000448. The van der Waals surface area contributed by atoms with Crippen molar-refractivity contribution in [3.05, 3.63) is 0 Å². The van der Waals surface area contributed by atoms with Gasteiger partial charge in [-0.25, -0.2) is 0 Å². The van der Waals surface area contributed by atoms with Crippen molar-refractivity contribution >= 4 is 83.6 Å². The minimum absolute atomic E-state index is 0.231. The Labute approximate surface area is 481 Å². The van der Waals surface area contributed by atoms with Crippen molar-refractivity contribution < 1.29 is 150 Å². The van der Waals surface area contributed by atoms with Crippen molar-refractivity contribution in [2.45, 2.75) is 193 Å². The van der Waals surface area contributed by atoms with E-state index in [4.69, 9.17) is 82.7 Å². The van der Waals surface area contributed by atoms with Crippen LogP contribution in [0.2, 0.25) is 0 Å². The van der Waals surface area contributed by atoms with Crippen LogP contribution in [0.5, 0.6) is 0 Å². The Hall–Kier alpha value is -7.54. The largest absolute Gasteiger partial charge is 0.481 e. The van der Waals surface area contributed by atoms with Gasteiger partial charge in [0.2, 0.25) is 12.1 Å². The normalized spacial score (nSPS) is 20.8. The van der Waals surface area contributed by atoms with E-state index in [2.05, 4.69) is 0 Å². The van der Waals surface area contributed by atoms with Crippen LogP contribution in [0.4, 0.5) is 0 Å². The van der Waals surface area contributed by atoms with Gasteiger partial charge in [-0.3, -0.25) is 67.1 Å². The molecule has 0 unspecified atom stereocenters. The monoisotopic (exact) mass is 1210 g/mol. The van der Waals surface area contributed by atoms with Gasteiger partial charge >= 0.3 is 83.6 Å². The van der Waals surface area contributed by atoms with Crippen LogP contribution < -0.4 is 0 Å². The maximum Gasteiger partial charge on any atom is 0.305 e. The molecule has 0 bridgehead atoms. The quantitative estimate of drug-likeness (QED) is 0.0795. The van der Waals surface area contributed by atoms with Gasteiger partial charge in [0.25, 0.3) is 0 Å². The fraction of sp³-hybridized carbons (Fsp3) is 0.731. The summed E-state index contributed by atoms with van der Waals surface area (Å²) in [6.45, 7) is 25.8. The van der Waals surface area contributed by atoms with Crippen LogP contribution >= 0.6 is 0 Å². The smallest absolute Gasteiger partial charge is 0.305 e.